The third-order valence-electron chi connectivity index (χ3n) is 6.75. The van der Waals surface area contributed by atoms with Crippen LogP contribution in [0.15, 0.2) is 91.5 Å². The maximum absolute atomic E-state index is 13.4. The Bertz CT molecular complexity index is 1530. The van der Waals surface area contributed by atoms with Crippen molar-refractivity contribution in [3.8, 4) is 17.2 Å². The number of hydrogen-bond donors (Lipinski definition) is 1. The summed E-state index contributed by atoms with van der Waals surface area (Å²) in [5.41, 5.74) is 5.51. The van der Waals surface area contributed by atoms with Gasteiger partial charge in [0.1, 0.15) is 22.9 Å². The lowest BCUT2D eigenvalue weighted by Crippen LogP contribution is -2.35. The topological polar surface area (TPSA) is 90.7 Å². The van der Waals surface area contributed by atoms with Crippen molar-refractivity contribution in [3.63, 3.8) is 0 Å². The molecule has 2 aliphatic rings. The first-order chi connectivity index (χ1) is 17.4. The largest absolute Gasteiger partial charge is 0.508 e. The number of phenols is 1. The van der Waals surface area contributed by atoms with Crippen LogP contribution in [0.1, 0.15) is 23.1 Å². The molecule has 1 fully saturated rings. The van der Waals surface area contributed by atoms with E-state index in [0.29, 0.717) is 6.42 Å². The van der Waals surface area contributed by atoms with Gasteiger partial charge in [0.15, 0.2) is 0 Å². The summed E-state index contributed by atoms with van der Waals surface area (Å²) in [5.74, 6) is 0.457. The number of nitrogens with zero attached hydrogens (tertiary/aromatic N) is 2. The molecular formula is C28H24N2O5S. The molecule has 0 spiro atoms. The van der Waals surface area contributed by atoms with E-state index >= 15 is 0 Å². The first-order valence-electron chi connectivity index (χ1n) is 11.7. The van der Waals surface area contributed by atoms with Gasteiger partial charge < -0.3 is 18.6 Å². The second kappa shape index (κ2) is 8.65. The van der Waals surface area contributed by atoms with E-state index in [1.54, 1.807) is 36.8 Å². The van der Waals surface area contributed by atoms with Gasteiger partial charge in [-0.05, 0) is 65.6 Å². The van der Waals surface area contributed by atoms with Crippen LogP contribution in [0.25, 0.3) is 16.8 Å². The minimum absolute atomic E-state index is 0.168. The monoisotopic (exact) mass is 500 g/mol. The van der Waals surface area contributed by atoms with Crippen molar-refractivity contribution < 1.29 is 22.4 Å². The van der Waals surface area contributed by atoms with E-state index in [0.717, 1.165) is 33.5 Å². The molecule has 3 heterocycles. The molecule has 3 unspecified atom stereocenters. The normalized spacial score (nSPS) is 21.2. The van der Waals surface area contributed by atoms with Crippen molar-refractivity contribution >= 4 is 21.3 Å². The number of phenolic OH excluding ortho intramolecular Hbond substituents is 1. The average molecular weight is 501 g/mol. The molecule has 2 bridgehead atoms. The fraction of sp³-hybridized carbons (Fsp3) is 0.179. The highest BCUT2D eigenvalue weighted by Gasteiger charge is 2.53. The summed E-state index contributed by atoms with van der Waals surface area (Å²) in [6.45, 7) is 1.93. The van der Waals surface area contributed by atoms with Crippen molar-refractivity contribution in [2.45, 2.75) is 30.8 Å². The number of benzene rings is 3. The highest BCUT2D eigenvalue weighted by Crippen LogP contribution is 2.51. The first-order valence-corrected chi connectivity index (χ1v) is 13.1. The SMILES string of the molecule is Cc1ccc(OS(=O)(=O)C2CC3OC2C(c2ccc(-n4ccnc4)cc2)=C3c2ccc(O)cc2)cc1. The highest BCUT2D eigenvalue weighted by atomic mass is 32.2. The number of rotatable bonds is 6. The molecule has 7 nitrogen and oxygen atoms in total. The van der Waals surface area contributed by atoms with Crippen molar-refractivity contribution in [2.75, 3.05) is 0 Å². The summed E-state index contributed by atoms with van der Waals surface area (Å²) < 4.78 is 40.5. The van der Waals surface area contributed by atoms with E-state index in [1.807, 2.05) is 66.2 Å². The van der Waals surface area contributed by atoms with Gasteiger partial charge >= 0.3 is 10.1 Å². The number of aryl methyl sites for hydroxylation is 1. The Hall–Kier alpha value is -3.88. The smallest absolute Gasteiger partial charge is 0.315 e. The number of imidazole rings is 1. The van der Waals surface area contributed by atoms with Crippen LogP contribution in [-0.4, -0.2) is 40.5 Å². The third kappa shape index (κ3) is 3.98. The summed E-state index contributed by atoms with van der Waals surface area (Å²) in [7, 11) is -3.97. The zero-order chi connectivity index (χ0) is 24.9. The number of aromatic hydroxyl groups is 1. The van der Waals surface area contributed by atoms with Crippen molar-refractivity contribution in [2.24, 2.45) is 0 Å². The van der Waals surface area contributed by atoms with E-state index in [2.05, 4.69) is 4.98 Å². The molecule has 8 heteroatoms. The van der Waals surface area contributed by atoms with Crippen LogP contribution in [0.3, 0.4) is 0 Å². The molecule has 1 N–H and O–H groups in total. The van der Waals surface area contributed by atoms with E-state index in [9.17, 15) is 13.5 Å². The maximum atomic E-state index is 13.4. The third-order valence-corrected chi connectivity index (χ3v) is 8.36. The van der Waals surface area contributed by atoms with Crippen molar-refractivity contribution in [3.05, 3.63) is 108 Å². The van der Waals surface area contributed by atoms with Crippen LogP contribution in [0.4, 0.5) is 0 Å². The van der Waals surface area contributed by atoms with Gasteiger partial charge in [-0.3, -0.25) is 0 Å². The summed E-state index contributed by atoms with van der Waals surface area (Å²) in [4.78, 5) is 4.10. The van der Waals surface area contributed by atoms with E-state index in [-0.39, 0.29) is 11.5 Å². The summed E-state index contributed by atoms with van der Waals surface area (Å²) >= 11 is 0. The summed E-state index contributed by atoms with van der Waals surface area (Å²) in [6.07, 6.45) is 4.53. The number of aromatic nitrogens is 2. The number of fused-ring (bicyclic) bond motifs is 2. The zero-order valence-electron chi connectivity index (χ0n) is 19.5. The minimum atomic E-state index is -3.97. The van der Waals surface area contributed by atoms with Gasteiger partial charge in [-0.1, -0.05) is 42.0 Å². The van der Waals surface area contributed by atoms with Crippen molar-refractivity contribution in [1.29, 1.82) is 0 Å². The van der Waals surface area contributed by atoms with Crippen LogP contribution < -0.4 is 4.18 Å². The van der Waals surface area contributed by atoms with E-state index in [1.165, 1.54) is 0 Å². The van der Waals surface area contributed by atoms with Gasteiger partial charge in [0.05, 0.1) is 12.4 Å². The Balaban J connectivity index is 1.40. The molecule has 0 aliphatic carbocycles. The molecule has 182 valence electrons. The van der Waals surface area contributed by atoms with Crippen LogP contribution in [-0.2, 0) is 14.9 Å². The summed E-state index contributed by atoms with van der Waals surface area (Å²) in [6, 6.07) is 21.8. The number of hydrogen-bond acceptors (Lipinski definition) is 6. The average Bonchev–Trinajstić information content (AvgIpc) is 3.63. The molecule has 6 rings (SSSR count). The van der Waals surface area contributed by atoms with Crippen LogP contribution in [0.2, 0.25) is 0 Å². The van der Waals surface area contributed by atoms with Crippen LogP contribution in [0, 0.1) is 6.92 Å². The van der Waals surface area contributed by atoms with Gasteiger partial charge in [-0.15, -0.1) is 0 Å². The second-order valence-electron chi connectivity index (χ2n) is 9.10. The Kier molecular flexibility index (Phi) is 5.43. The lowest BCUT2D eigenvalue weighted by atomic mass is 9.83. The van der Waals surface area contributed by atoms with E-state index in [4.69, 9.17) is 8.92 Å². The van der Waals surface area contributed by atoms with Gasteiger partial charge in [0.25, 0.3) is 0 Å². The highest BCUT2D eigenvalue weighted by molar-refractivity contribution is 7.87. The molecule has 1 aromatic heterocycles. The van der Waals surface area contributed by atoms with Gasteiger partial charge in [-0.2, -0.15) is 8.42 Å². The molecule has 0 saturated carbocycles. The molecule has 1 saturated heterocycles. The number of ether oxygens (including phenoxy) is 1. The Morgan fingerprint density at radius 1 is 0.944 bits per heavy atom. The second-order valence-corrected chi connectivity index (χ2v) is 10.9. The molecule has 0 amide bonds. The quantitative estimate of drug-likeness (QED) is 0.385. The fourth-order valence-electron chi connectivity index (χ4n) is 5.01. The van der Waals surface area contributed by atoms with E-state index < -0.39 is 27.6 Å². The molecular weight excluding hydrogens is 476 g/mol. The van der Waals surface area contributed by atoms with Crippen LogP contribution >= 0.6 is 0 Å². The predicted molar refractivity (Wildman–Crippen MR) is 136 cm³/mol. The van der Waals surface area contributed by atoms with Crippen molar-refractivity contribution in [1.82, 2.24) is 9.55 Å². The fourth-order valence-corrected chi connectivity index (χ4v) is 6.42. The zero-order valence-corrected chi connectivity index (χ0v) is 20.3. The molecule has 3 atom stereocenters. The molecule has 36 heavy (non-hydrogen) atoms. The Morgan fingerprint density at radius 2 is 1.61 bits per heavy atom. The molecule has 0 radical (unpaired) electrons. The van der Waals surface area contributed by atoms with Gasteiger partial charge in [0, 0.05) is 24.5 Å². The molecule has 3 aromatic carbocycles. The standard InChI is InChI=1S/C28H24N2O5S/c1-18-2-12-23(13-3-18)35-36(32,33)25-16-24-26(19-6-10-22(31)11-7-19)27(28(25)34-24)20-4-8-21(9-5-20)30-15-14-29-17-30/h2-15,17,24-25,28,31H,16H2,1H3. The first kappa shape index (κ1) is 22.6. The van der Waals surface area contributed by atoms with Gasteiger partial charge in [-0.25, -0.2) is 4.98 Å². The lowest BCUT2D eigenvalue weighted by Gasteiger charge is -2.25. The predicted octanol–water partition coefficient (Wildman–Crippen LogP) is 4.75. The molecule has 4 aromatic rings. The van der Waals surface area contributed by atoms with Crippen LogP contribution in [0.5, 0.6) is 11.5 Å². The minimum Gasteiger partial charge on any atom is -0.508 e. The maximum Gasteiger partial charge on any atom is 0.315 e. The molecule has 2 aliphatic heterocycles. The lowest BCUT2D eigenvalue weighted by molar-refractivity contribution is 0.128. The Morgan fingerprint density at radius 3 is 2.28 bits per heavy atom. The summed E-state index contributed by atoms with van der Waals surface area (Å²) in [5, 5.41) is 8.95. The van der Waals surface area contributed by atoms with Gasteiger partial charge in [0.2, 0.25) is 0 Å². The Labute approximate surface area is 209 Å².